The van der Waals surface area contributed by atoms with E-state index in [4.69, 9.17) is 9.47 Å². The van der Waals surface area contributed by atoms with Crippen LogP contribution in [0.2, 0.25) is 0 Å². The molecule has 0 radical (unpaired) electrons. The van der Waals surface area contributed by atoms with E-state index in [9.17, 15) is 14.4 Å². The summed E-state index contributed by atoms with van der Waals surface area (Å²) in [5, 5.41) is 5.43. The van der Waals surface area contributed by atoms with E-state index in [0.29, 0.717) is 29.2 Å². The summed E-state index contributed by atoms with van der Waals surface area (Å²) in [5.41, 5.74) is 0.0258. The highest BCUT2D eigenvalue weighted by atomic mass is 16.7. The van der Waals surface area contributed by atoms with Crippen LogP contribution in [0, 0.1) is 0 Å². The van der Waals surface area contributed by atoms with E-state index in [2.05, 4.69) is 10.6 Å². The van der Waals surface area contributed by atoms with Crippen LogP contribution >= 0.6 is 0 Å². The second-order valence-corrected chi connectivity index (χ2v) is 6.56. The predicted molar refractivity (Wildman–Crippen MR) is 99.9 cm³/mol. The SMILES string of the molecule is CC[C@@]1(c2ccccc2)NC(=O)N(CC(=O)Nc2ccc3c(c2)OCO3)C1=O. The lowest BCUT2D eigenvalue weighted by Crippen LogP contribution is -2.44. The molecule has 1 atom stereocenters. The van der Waals surface area contributed by atoms with Gasteiger partial charge in [-0.15, -0.1) is 0 Å². The van der Waals surface area contributed by atoms with Gasteiger partial charge in [0.2, 0.25) is 12.7 Å². The summed E-state index contributed by atoms with van der Waals surface area (Å²) in [6, 6.07) is 13.4. The molecule has 2 aromatic rings. The van der Waals surface area contributed by atoms with E-state index in [1.54, 1.807) is 42.5 Å². The molecule has 2 heterocycles. The van der Waals surface area contributed by atoms with Gasteiger partial charge in [-0.25, -0.2) is 4.79 Å². The Morgan fingerprint density at radius 2 is 1.89 bits per heavy atom. The number of carbonyl (C=O) groups excluding carboxylic acids is 3. The number of hydrogen-bond donors (Lipinski definition) is 2. The summed E-state index contributed by atoms with van der Waals surface area (Å²) >= 11 is 0. The second kappa shape index (κ2) is 6.88. The number of fused-ring (bicyclic) bond motifs is 1. The lowest BCUT2D eigenvalue weighted by Gasteiger charge is -2.25. The molecule has 4 rings (SSSR count). The Bertz CT molecular complexity index is 946. The maximum atomic E-state index is 13.0. The van der Waals surface area contributed by atoms with E-state index in [1.807, 2.05) is 13.0 Å². The number of nitrogens with zero attached hydrogens (tertiary/aromatic N) is 1. The van der Waals surface area contributed by atoms with Crippen molar-refractivity contribution in [3.63, 3.8) is 0 Å². The van der Waals surface area contributed by atoms with Crippen LogP contribution in [0.25, 0.3) is 0 Å². The van der Waals surface area contributed by atoms with Crippen molar-refractivity contribution in [2.24, 2.45) is 0 Å². The topological polar surface area (TPSA) is 97.0 Å². The molecule has 1 fully saturated rings. The number of urea groups is 1. The fraction of sp³-hybridized carbons (Fsp3) is 0.250. The maximum Gasteiger partial charge on any atom is 0.325 e. The van der Waals surface area contributed by atoms with Gasteiger partial charge in [0.05, 0.1) is 0 Å². The van der Waals surface area contributed by atoms with Gasteiger partial charge in [-0.05, 0) is 24.1 Å². The summed E-state index contributed by atoms with van der Waals surface area (Å²) in [5.74, 6) is 0.207. The molecular weight excluding hydrogens is 362 g/mol. The van der Waals surface area contributed by atoms with E-state index < -0.39 is 23.4 Å². The van der Waals surface area contributed by atoms with Gasteiger partial charge in [0.25, 0.3) is 5.91 Å². The number of rotatable bonds is 5. The third-order valence-electron chi connectivity index (χ3n) is 4.93. The second-order valence-electron chi connectivity index (χ2n) is 6.56. The largest absolute Gasteiger partial charge is 0.454 e. The molecule has 2 N–H and O–H groups in total. The zero-order chi connectivity index (χ0) is 19.7. The maximum absolute atomic E-state index is 13.0. The van der Waals surface area contributed by atoms with Crippen molar-refractivity contribution < 1.29 is 23.9 Å². The quantitative estimate of drug-likeness (QED) is 0.774. The van der Waals surface area contributed by atoms with Gasteiger partial charge in [0.15, 0.2) is 11.5 Å². The number of anilines is 1. The van der Waals surface area contributed by atoms with Crippen LogP contribution in [0.4, 0.5) is 10.5 Å². The number of nitrogens with one attached hydrogen (secondary N) is 2. The van der Waals surface area contributed by atoms with E-state index in [-0.39, 0.29) is 13.3 Å². The smallest absolute Gasteiger partial charge is 0.325 e. The minimum atomic E-state index is -1.16. The molecule has 28 heavy (non-hydrogen) atoms. The normalized spacial score (nSPS) is 20.2. The number of amides is 4. The Balaban J connectivity index is 1.49. The fourth-order valence-electron chi connectivity index (χ4n) is 3.45. The molecule has 4 amide bonds. The Morgan fingerprint density at radius 1 is 1.14 bits per heavy atom. The van der Waals surface area contributed by atoms with Gasteiger partial charge < -0.3 is 20.1 Å². The molecule has 8 nitrogen and oxygen atoms in total. The number of imide groups is 1. The summed E-state index contributed by atoms with van der Waals surface area (Å²) in [7, 11) is 0. The Morgan fingerprint density at radius 3 is 2.64 bits per heavy atom. The van der Waals surface area contributed by atoms with E-state index >= 15 is 0 Å². The van der Waals surface area contributed by atoms with Crippen molar-refractivity contribution in [2.45, 2.75) is 18.9 Å². The van der Waals surface area contributed by atoms with Crippen LogP contribution < -0.4 is 20.1 Å². The molecule has 0 aliphatic carbocycles. The van der Waals surface area contributed by atoms with Crippen LogP contribution in [0.3, 0.4) is 0 Å². The summed E-state index contributed by atoms with van der Waals surface area (Å²) in [4.78, 5) is 38.9. The third-order valence-corrected chi connectivity index (χ3v) is 4.93. The van der Waals surface area contributed by atoms with Crippen molar-refractivity contribution in [1.82, 2.24) is 10.2 Å². The Kier molecular flexibility index (Phi) is 4.38. The third kappa shape index (κ3) is 2.92. The van der Waals surface area contributed by atoms with Crippen LogP contribution in [-0.4, -0.2) is 36.1 Å². The molecule has 0 unspecified atom stereocenters. The van der Waals surface area contributed by atoms with E-state index in [0.717, 1.165) is 4.90 Å². The first kappa shape index (κ1) is 17.8. The molecule has 0 aromatic heterocycles. The van der Waals surface area contributed by atoms with Crippen molar-refractivity contribution in [3.05, 3.63) is 54.1 Å². The number of carbonyl (C=O) groups is 3. The van der Waals surface area contributed by atoms with Crippen molar-refractivity contribution in [2.75, 3.05) is 18.7 Å². The Hall–Kier alpha value is -3.55. The number of hydrogen-bond acceptors (Lipinski definition) is 5. The molecule has 8 heteroatoms. The molecule has 0 bridgehead atoms. The summed E-state index contributed by atoms with van der Waals surface area (Å²) in [6.45, 7) is 1.57. The molecule has 1 saturated heterocycles. The highest BCUT2D eigenvalue weighted by molar-refractivity contribution is 6.10. The average molecular weight is 381 g/mol. The van der Waals surface area contributed by atoms with Crippen molar-refractivity contribution in [3.8, 4) is 11.5 Å². The molecule has 2 aliphatic rings. The molecule has 0 saturated carbocycles. The fourth-order valence-corrected chi connectivity index (χ4v) is 3.45. The highest BCUT2D eigenvalue weighted by Crippen LogP contribution is 2.35. The van der Waals surface area contributed by atoms with Gasteiger partial charge >= 0.3 is 6.03 Å². The molecule has 2 aromatic carbocycles. The van der Waals surface area contributed by atoms with E-state index in [1.165, 1.54) is 0 Å². The van der Waals surface area contributed by atoms with Crippen molar-refractivity contribution in [1.29, 1.82) is 0 Å². The zero-order valence-electron chi connectivity index (χ0n) is 15.2. The van der Waals surface area contributed by atoms with Crippen LogP contribution in [0.1, 0.15) is 18.9 Å². The molecular formula is C20H19N3O5. The zero-order valence-corrected chi connectivity index (χ0v) is 15.2. The Labute approximate surface area is 161 Å². The van der Waals surface area contributed by atoms with Crippen LogP contribution in [0.15, 0.2) is 48.5 Å². The number of benzene rings is 2. The predicted octanol–water partition coefficient (Wildman–Crippen LogP) is 2.21. The molecule has 0 spiro atoms. The minimum absolute atomic E-state index is 0.133. The van der Waals surface area contributed by atoms with Gasteiger partial charge in [-0.2, -0.15) is 0 Å². The lowest BCUT2D eigenvalue weighted by atomic mass is 9.87. The number of ether oxygens (including phenoxy) is 2. The first-order valence-electron chi connectivity index (χ1n) is 8.92. The van der Waals surface area contributed by atoms with Crippen LogP contribution in [0.5, 0.6) is 11.5 Å². The van der Waals surface area contributed by atoms with Gasteiger partial charge in [-0.3, -0.25) is 14.5 Å². The highest BCUT2D eigenvalue weighted by Gasteiger charge is 2.51. The standard InChI is InChI=1S/C20H19N3O5/c1-2-20(13-6-4-3-5-7-13)18(25)23(19(26)22-20)11-17(24)21-14-8-9-15-16(10-14)28-12-27-15/h3-10H,2,11-12H2,1H3,(H,21,24)(H,22,26)/t20-/m0/s1. The molecule has 144 valence electrons. The minimum Gasteiger partial charge on any atom is -0.454 e. The summed E-state index contributed by atoms with van der Waals surface area (Å²) in [6.07, 6.45) is 0.377. The van der Waals surface area contributed by atoms with Gasteiger partial charge in [0, 0.05) is 11.8 Å². The first-order chi connectivity index (χ1) is 13.5. The first-order valence-corrected chi connectivity index (χ1v) is 8.92. The van der Waals surface area contributed by atoms with Gasteiger partial charge in [-0.1, -0.05) is 37.3 Å². The monoisotopic (exact) mass is 381 g/mol. The van der Waals surface area contributed by atoms with Crippen molar-refractivity contribution >= 4 is 23.5 Å². The lowest BCUT2D eigenvalue weighted by molar-refractivity contribution is -0.134. The molecule has 2 aliphatic heterocycles. The van der Waals surface area contributed by atoms with Gasteiger partial charge in [0.1, 0.15) is 12.1 Å². The van der Waals surface area contributed by atoms with Crippen LogP contribution in [-0.2, 0) is 15.1 Å². The summed E-state index contributed by atoms with van der Waals surface area (Å²) < 4.78 is 10.5. The average Bonchev–Trinajstić information content (AvgIpc) is 3.26.